The number of hydrogen-bond donors (Lipinski definition) is 0. The maximum Gasteiger partial charge on any atom is 0.270 e. The minimum absolute atomic E-state index is 0.0616. The van der Waals surface area contributed by atoms with Crippen molar-refractivity contribution in [3.05, 3.63) is 68.4 Å². The molecule has 3 heterocycles. The van der Waals surface area contributed by atoms with E-state index in [9.17, 15) is 14.9 Å². The van der Waals surface area contributed by atoms with Gasteiger partial charge in [0.15, 0.2) is 11.5 Å². The molecule has 0 atom stereocenters. The summed E-state index contributed by atoms with van der Waals surface area (Å²) >= 11 is 0. The van der Waals surface area contributed by atoms with Crippen molar-refractivity contribution in [2.75, 3.05) is 7.05 Å². The smallest absolute Gasteiger partial charge is 0.270 e. The number of aromatic nitrogens is 3. The fourth-order valence-electron chi connectivity index (χ4n) is 2.77. The number of hydrogen-bond acceptors (Lipinski definition) is 6. The van der Waals surface area contributed by atoms with Crippen LogP contribution in [0.3, 0.4) is 0 Å². The number of fused-ring (bicyclic) bond motifs is 4. The Morgan fingerprint density at radius 2 is 2.13 bits per heavy atom. The molecule has 8 nitrogen and oxygen atoms in total. The molecule has 0 saturated carbocycles. The van der Waals surface area contributed by atoms with Crippen LogP contribution in [0.25, 0.3) is 16.7 Å². The van der Waals surface area contributed by atoms with Crippen molar-refractivity contribution in [2.24, 2.45) is 4.99 Å². The van der Waals surface area contributed by atoms with E-state index in [4.69, 9.17) is 0 Å². The van der Waals surface area contributed by atoms with Gasteiger partial charge in [-0.25, -0.2) is 9.97 Å². The predicted molar refractivity (Wildman–Crippen MR) is 83.4 cm³/mol. The maximum atomic E-state index is 12.8. The van der Waals surface area contributed by atoms with Gasteiger partial charge in [-0.1, -0.05) is 0 Å². The first-order valence-corrected chi connectivity index (χ1v) is 6.76. The highest BCUT2D eigenvalue weighted by atomic mass is 16.6. The molecule has 4 rings (SSSR count). The lowest BCUT2D eigenvalue weighted by molar-refractivity contribution is -0.384. The lowest BCUT2D eigenvalue weighted by Crippen LogP contribution is -2.22. The second-order valence-electron chi connectivity index (χ2n) is 4.98. The van der Waals surface area contributed by atoms with E-state index in [2.05, 4.69) is 15.0 Å². The summed E-state index contributed by atoms with van der Waals surface area (Å²) < 4.78 is 1.42. The monoisotopic (exact) mass is 307 g/mol. The molecule has 8 heteroatoms. The molecule has 1 aliphatic heterocycles. The SMILES string of the molecule is C/N=C1\c2cc([N+](=O)[O-])ccc2-n2c1nc1ncccc1c2=O. The van der Waals surface area contributed by atoms with Crippen molar-refractivity contribution < 1.29 is 4.92 Å². The summed E-state index contributed by atoms with van der Waals surface area (Å²) in [4.78, 5) is 36.0. The molecule has 0 radical (unpaired) electrons. The Morgan fingerprint density at radius 1 is 1.30 bits per heavy atom. The van der Waals surface area contributed by atoms with Crippen LogP contribution in [-0.2, 0) is 0 Å². The van der Waals surface area contributed by atoms with Gasteiger partial charge in [0.2, 0.25) is 0 Å². The van der Waals surface area contributed by atoms with E-state index in [1.54, 1.807) is 31.4 Å². The topological polar surface area (TPSA) is 103 Å². The third-order valence-corrected chi connectivity index (χ3v) is 3.77. The average Bonchev–Trinajstić information content (AvgIpc) is 2.87. The molecule has 0 fully saturated rings. The van der Waals surface area contributed by atoms with Gasteiger partial charge in [0.1, 0.15) is 5.71 Å². The van der Waals surface area contributed by atoms with Gasteiger partial charge in [-0.3, -0.25) is 24.5 Å². The van der Waals surface area contributed by atoms with Crippen LogP contribution >= 0.6 is 0 Å². The standard InChI is InChI=1S/C15H9N5O3/c1-16-12-10-7-8(20(22)23)4-5-11(10)19-14(12)18-13-9(15(19)21)3-2-6-17-13/h2-7H,1H3/b16-12+. The molecule has 0 unspecified atom stereocenters. The van der Waals surface area contributed by atoms with E-state index in [-0.39, 0.29) is 11.2 Å². The minimum atomic E-state index is -0.481. The quantitative estimate of drug-likeness (QED) is 0.391. The summed E-state index contributed by atoms with van der Waals surface area (Å²) in [5, 5.41) is 11.4. The second-order valence-corrected chi connectivity index (χ2v) is 4.98. The van der Waals surface area contributed by atoms with Gasteiger partial charge in [-0.05, 0) is 18.2 Å². The molecular weight excluding hydrogens is 298 g/mol. The van der Waals surface area contributed by atoms with E-state index in [1.807, 2.05) is 0 Å². The van der Waals surface area contributed by atoms with Gasteiger partial charge in [0.25, 0.3) is 11.2 Å². The van der Waals surface area contributed by atoms with Crippen LogP contribution in [0.1, 0.15) is 11.4 Å². The number of pyridine rings is 1. The first-order valence-electron chi connectivity index (χ1n) is 6.76. The average molecular weight is 307 g/mol. The predicted octanol–water partition coefficient (Wildman–Crippen LogP) is 1.47. The second kappa shape index (κ2) is 4.54. The number of rotatable bonds is 1. The Bertz CT molecular complexity index is 1080. The Kier molecular flexibility index (Phi) is 2.61. The highest BCUT2D eigenvalue weighted by molar-refractivity contribution is 6.17. The van der Waals surface area contributed by atoms with E-state index in [0.29, 0.717) is 33.8 Å². The Hall–Kier alpha value is -3.42. The molecule has 0 amide bonds. The molecule has 1 aromatic carbocycles. The van der Waals surface area contributed by atoms with E-state index >= 15 is 0 Å². The van der Waals surface area contributed by atoms with Gasteiger partial charge in [0, 0.05) is 30.9 Å². The number of nitro groups is 1. The number of non-ortho nitro benzene ring substituents is 1. The number of aliphatic imine (C=N–C) groups is 1. The molecule has 0 spiro atoms. The van der Waals surface area contributed by atoms with Crippen LogP contribution in [-0.4, -0.2) is 32.2 Å². The molecule has 112 valence electrons. The molecule has 1 aliphatic rings. The lowest BCUT2D eigenvalue weighted by atomic mass is 10.1. The van der Waals surface area contributed by atoms with Crippen molar-refractivity contribution in [3.63, 3.8) is 0 Å². The molecule has 0 saturated heterocycles. The summed E-state index contributed by atoms with van der Waals surface area (Å²) in [5.74, 6) is 0.346. The molecule has 0 aliphatic carbocycles. The third-order valence-electron chi connectivity index (χ3n) is 3.77. The Morgan fingerprint density at radius 3 is 2.87 bits per heavy atom. The fraction of sp³-hybridized carbons (Fsp3) is 0.0667. The maximum absolute atomic E-state index is 12.8. The van der Waals surface area contributed by atoms with Crippen LogP contribution in [0.4, 0.5) is 5.69 Å². The lowest BCUT2D eigenvalue weighted by Gasteiger charge is -2.04. The molecular formula is C15H9N5O3. The molecule has 23 heavy (non-hydrogen) atoms. The summed E-state index contributed by atoms with van der Waals surface area (Å²) in [7, 11) is 1.56. The summed E-state index contributed by atoms with van der Waals surface area (Å²) in [5.41, 5.74) is 1.48. The molecule has 0 N–H and O–H groups in total. The van der Waals surface area contributed by atoms with Crippen LogP contribution in [0, 0.1) is 10.1 Å². The highest BCUT2D eigenvalue weighted by Gasteiger charge is 2.30. The molecule has 0 bridgehead atoms. The normalized spacial score (nSPS) is 14.0. The Labute approximate surface area is 128 Å². The summed E-state index contributed by atoms with van der Waals surface area (Å²) in [6.45, 7) is 0. The van der Waals surface area contributed by atoms with Crippen molar-refractivity contribution in [1.29, 1.82) is 0 Å². The van der Waals surface area contributed by atoms with Crippen LogP contribution in [0.2, 0.25) is 0 Å². The van der Waals surface area contributed by atoms with Crippen molar-refractivity contribution in [3.8, 4) is 5.69 Å². The number of nitrogens with zero attached hydrogens (tertiary/aromatic N) is 5. The summed E-state index contributed by atoms with van der Waals surface area (Å²) in [6.07, 6.45) is 1.56. The zero-order valence-electron chi connectivity index (χ0n) is 11.9. The minimum Gasteiger partial charge on any atom is -0.284 e. The highest BCUT2D eigenvalue weighted by Crippen LogP contribution is 2.29. The largest absolute Gasteiger partial charge is 0.284 e. The fourth-order valence-corrected chi connectivity index (χ4v) is 2.77. The van der Waals surface area contributed by atoms with Gasteiger partial charge in [-0.15, -0.1) is 0 Å². The third kappa shape index (κ3) is 1.71. The zero-order chi connectivity index (χ0) is 16.1. The van der Waals surface area contributed by atoms with Crippen LogP contribution < -0.4 is 5.56 Å². The van der Waals surface area contributed by atoms with Gasteiger partial charge >= 0.3 is 0 Å². The van der Waals surface area contributed by atoms with Crippen molar-refractivity contribution in [1.82, 2.24) is 14.5 Å². The summed E-state index contributed by atoms with van der Waals surface area (Å²) in [6, 6.07) is 7.63. The number of nitro benzene ring substituents is 1. The van der Waals surface area contributed by atoms with E-state index in [1.165, 1.54) is 16.7 Å². The first kappa shape index (κ1) is 13.3. The molecule has 2 aromatic heterocycles. The van der Waals surface area contributed by atoms with Gasteiger partial charge in [0.05, 0.1) is 16.0 Å². The van der Waals surface area contributed by atoms with E-state index < -0.39 is 4.92 Å². The van der Waals surface area contributed by atoms with Crippen molar-refractivity contribution in [2.45, 2.75) is 0 Å². The van der Waals surface area contributed by atoms with E-state index in [0.717, 1.165) is 0 Å². The Balaban J connectivity index is 2.13. The number of benzene rings is 1. The van der Waals surface area contributed by atoms with Crippen LogP contribution in [0.5, 0.6) is 0 Å². The van der Waals surface area contributed by atoms with Gasteiger partial charge in [-0.2, -0.15) is 0 Å². The zero-order valence-corrected chi connectivity index (χ0v) is 11.9. The first-order chi connectivity index (χ1) is 11.1. The van der Waals surface area contributed by atoms with Crippen LogP contribution in [0.15, 0.2) is 46.3 Å². The van der Waals surface area contributed by atoms with Gasteiger partial charge < -0.3 is 0 Å². The molecule has 3 aromatic rings. The van der Waals surface area contributed by atoms with Crippen molar-refractivity contribution >= 4 is 22.4 Å².